The molecule has 0 saturated carbocycles. The molecule has 5 heterocycles. The Balaban J connectivity index is 1.30. The molecule has 0 bridgehead atoms. The van der Waals surface area contributed by atoms with Crippen molar-refractivity contribution in [2.24, 2.45) is 0 Å². The minimum atomic E-state index is 0.967. The number of hydrogen-bond donors (Lipinski definition) is 0. The summed E-state index contributed by atoms with van der Waals surface area (Å²) in [5.41, 5.74) is 10.6. The molecule has 7 aromatic carbocycles. The minimum absolute atomic E-state index is 0.967. The van der Waals surface area contributed by atoms with Crippen molar-refractivity contribution in [3.8, 4) is 11.4 Å². The van der Waals surface area contributed by atoms with Crippen molar-refractivity contribution < 1.29 is 0 Å². The van der Waals surface area contributed by atoms with Crippen LogP contribution in [0.2, 0.25) is 0 Å². The molecule has 12 rings (SSSR count). The molecule has 4 heteroatoms. The van der Waals surface area contributed by atoms with E-state index in [0.29, 0.717) is 0 Å². The third-order valence-corrected chi connectivity index (χ3v) is 10.8. The second kappa shape index (κ2) is 9.03. The molecule has 0 radical (unpaired) electrons. The summed E-state index contributed by atoms with van der Waals surface area (Å²) in [6.45, 7) is 0. The van der Waals surface area contributed by atoms with Gasteiger partial charge in [-0.15, -0.1) is 0 Å². The SMILES string of the molecule is c1ccc(-n2c3cc(-n4c5ccccc5c5c6c7c8ccccc8ccc7n7c8ccccc8c(cc54)c67)ccc3c3cccnc32)cc1. The van der Waals surface area contributed by atoms with Crippen LogP contribution in [0.3, 0.4) is 0 Å². The van der Waals surface area contributed by atoms with Crippen LogP contribution in [0.1, 0.15) is 0 Å². The Bertz CT molecular complexity index is 3320. The van der Waals surface area contributed by atoms with Gasteiger partial charge in [0.15, 0.2) is 0 Å². The predicted octanol–water partition coefficient (Wildman–Crippen LogP) is 11.6. The summed E-state index contributed by atoms with van der Waals surface area (Å²) in [6.07, 6.45) is 1.89. The van der Waals surface area contributed by atoms with Gasteiger partial charge in [0.25, 0.3) is 0 Å². The molecule has 0 saturated heterocycles. The van der Waals surface area contributed by atoms with Crippen molar-refractivity contribution in [2.45, 2.75) is 0 Å². The zero-order valence-corrected chi connectivity index (χ0v) is 26.3. The van der Waals surface area contributed by atoms with Crippen LogP contribution in [0.25, 0.3) is 104 Å². The number of aromatic nitrogens is 4. The Hall–Kier alpha value is -6.65. The molecule has 49 heavy (non-hydrogen) atoms. The molecule has 0 aliphatic rings. The highest BCUT2D eigenvalue weighted by Gasteiger charge is 2.25. The van der Waals surface area contributed by atoms with Crippen LogP contribution < -0.4 is 0 Å². The summed E-state index contributed by atoms with van der Waals surface area (Å²) in [7, 11) is 0. The predicted molar refractivity (Wildman–Crippen MR) is 205 cm³/mol. The molecule has 5 aromatic heterocycles. The number of hydrogen-bond acceptors (Lipinski definition) is 1. The maximum Gasteiger partial charge on any atom is 0.145 e. The van der Waals surface area contributed by atoms with Gasteiger partial charge in [-0.3, -0.25) is 4.57 Å². The van der Waals surface area contributed by atoms with Crippen LogP contribution in [-0.2, 0) is 0 Å². The maximum absolute atomic E-state index is 4.87. The van der Waals surface area contributed by atoms with Crippen molar-refractivity contribution in [2.75, 3.05) is 0 Å². The zero-order valence-electron chi connectivity index (χ0n) is 26.3. The van der Waals surface area contributed by atoms with E-state index in [9.17, 15) is 0 Å². The molecule has 0 spiro atoms. The van der Waals surface area contributed by atoms with Crippen molar-refractivity contribution in [3.63, 3.8) is 0 Å². The summed E-state index contributed by atoms with van der Waals surface area (Å²) in [4.78, 5) is 4.87. The van der Waals surface area contributed by atoms with Crippen molar-refractivity contribution in [1.82, 2.24) is 18.5 Å². The number of rotatable bonds is 2. The van der Waals surface area contributed by atoms with Gasteiger partial charge in [-0.25, -0.2) is 4.98 Å². The first-order chi connectivity index (χ1) is 24.3. The number of pyridine rings is 1. The van der Waals surface area contributed by atoms with Gasteiger partial charge in [0, 0.05) is 60.7 Å². The van der Waals surface area contributed by atoms with Gasteiger partial charge in [0.05, 0.1) is 33.1 Å². The van der Waals surface area contributed by atoms with Gasteiger partial charge in [0.2, 0.25) is 0 Å². The largest absolute Gasteiger partial charge is 0.309 e. The first-order valence-electron chi connectivity index (χ1n) is 16.8. The highest BCUT2D eigenvalue weighted by molar-refractivity contribution is 6.38. The summed E-state index contributed by atoms with van der Waals surface area (Å²) in [5.74, 6) is 0. The van der Waals surface area contributed by atoms with E-state index in [-0.39, 0.29) is 0 Å². The molecule has 12 aromatic rings. The molecule has 0 aliphatic heterocycles. The van der Waals surface area contributed by atoms with E-state index in [1.54, 1.807) is 0 Å². The summed E-state index contributed by atoms with van der Waals surface area (Å²) >= 11 is 0. The Morgan fingerprint density at radius 3 is 1.98 bits per heavy atom. The lowest BCUT2D eigenvalue weighted by molar-refractivity contribution is 1.13. The first kappa shape index (κ1) is 25.4. The minimum Gasteiger partial charge on any atom is -0.309 e. The van der Waals surface area contributed by atoms with E-state index < -0.39 is 0 Å². The molecule has 0 fully saturated rings. The lowest BCUT2D eigenvalue weighted by Crippen LogP contribution is -1.97. The fourth-order valence-corrected chi connectivity index (χ4v) is 8.86. The van der Waals surface area contributed by atoms with Gasteiger partial charge in [-0.05, 0) is 71.4 Å². The van der Waals surface area contributed by atoms with Crippen molar-refractivity contribution >= 4 is 92.6 Å². The summed E-state index contributed by atoms with van der Waals surface area (Å²) in [6, 6.07) is 55.4. The molecule has 0 unspecified atom stereocenters. The van der Waals surface area contributed by atoms with Gasteiger partial charge >= 0.3 is 0 Å². The van der Waals surface area contributed by atoms with Crippen LogP contribution in [0.4, 0.5) is 0 Å². The molecular formula is C45H26N4. The quantitative estimate of drug-likeness (QED) is 0.188. The molecule has 226 valence electrons. The zero-order chi connectivity index (χ0) is 31.8. The molecular weight excluding hydrogens is 597 g/mol. The average molecular weight is 623 g/mol. The number of fused-ring (bicyclic) bond motifs is 15. The van der Waals surface area contributed by atoms with Crippen LogP contribution in [0, 0.1) is 0 Å². The van der Waals surface area contributed by atoms with Gasteiger partial charge in [-0.2, -0.15) is 0 Å². The Morgan fingerprint density at radius 2 is 1.08 bits per heavy atom. The topological polar surface area (TPSA) is 27.2 Å². The number of para-hydroxylation sites is 3. The van der Waals surface area contributed by atoms with Gasteiger partial charge in [0.1, 0.15) is 5.65 Å². The van der Waals surface area contributed by atoms with E-state index in [1.807, 2.05) is 12.3 Å². The molecule has 0 N–H and O–H groups in total. The normalized spacial score (nSPS) is 12.5. The van der Waals surface area contributed by atoms with E-state index in [2.05, 4.69) is 159 Å². The fourth-order valence-electron chi connectivity index (χ4n) is 8.86. The van der Waals surface area contributed by atoms with Crippen LogP contribution in [0.15, 0.2) is 158 Å². The lowest BCUT2D eigenvalue weighted by atomic mass is 9.98. The molecule has 0 aliphatic carbocycles. The fraction of sp³-hybridized carbons (Fsp3) is 0. The monoisotopic (exact) mass is 622 g/mol. The van der Waals surface area contributed by atoms with Crippen LogP contribution in [0.5, 0.6) is 0 Å². The maximum atomic E-state index is 4.87. The highest BCUT2D eigenvalue weighted by atomic mass is 15.1. The third kappa shape index (κ3) is 3.12. The highest BCUT2D eigenvalue weighted by Crippen LogP contribution is 2.48. The van der Waals surface area contributed by atoms with E-state index in [1.165, 1.54) is 76.1 Å². The van der Waals surface area contributed by atoms with E-state index in [4.69, 9.17) is 4.98 Å². The standard InChI is InChI=1S/C45H26N4/c1-2-12-28(13-3-1)48-39-25-29(21-22-32(39)33-17-10-24-46-45(33)48)47-37-19-9-7-16-34(37)42-40(47)26-35-31-15-6-8-18-36(31)49-38-23-20-27-11-4-5-14-30(27)41(38)43(42)44(35)49/h1-26H. The second-order valence-electron chi connectivity index (χ2n) is 13.2. The lowest BCUT2D eigenvalue weighted by Gasteiger charge is -2.11. The Labute approximate surface area is 279 Å². The third-order valence-electron chi connectivity index (χ3n) is 10.8. The molecule has 0 atom stereocenters. The summed E-state index contributed by atoms with van der Waals surface area (Å²) in [5, 5.41) is 12.7. The van der Waals surface area contributed by atoms with Gasteiger partial charge < -0.3 is 8.97 Å². The molecule has 4 nitrogen and oxygen atoms in total. The first-order valence-corrected chi connectivity index (χ1v) is 16.8. The second-order valence-corrected chi connectivity index (χ2v) is 13.2. The van der Waals surface area contributed by atoms with Crippen molar-refractivity contribution in [3.05, 3.63) is 158 Å². The summed E-state index contributed by atoms with van der Waals surface area (Å²) < 4.78 is 7.29. The van der Waals surface area contributed by atoms with Crippen LogP contribution >= 0.6 is 0 Å². The van der Waals surface area contributed by atoms with Crippen molar-refractivity contribution in [1.29, 1.82) is 0 Å². The Morgan fingerprint density at radius 1 is 0.367 bits per heavy atom. The van der Waals surface area contributed by atoms with E-state index >= 15 is 0 Å². The van der Waals surface area contributed by atoms with E-state index in [0.717, 1.165) is 27.9 Å². The van der Waals surface area contributed by atoms with Crippen LogP contribution in [-0.4, -0.2) is 18.5 Å². The van der Waals surface area contributed by atoms with Gasteiger partial charge in [-0.1, -0.05) is 91.0 Å². The number of nitrogens with zero attached hydrogens (tertiary/aromatic N) is 4. The average Bonchev–Trinajstić information content (AvgIpc) is 3.88. The smallest absolute Gasteiger partial charge is 0.145 e. The number of benzene rings is 7. The Kier molecular flexibility index (Phi) is 4.69. The molecule has 0 amide bonds.